The molecule has 0 bridgehead atoms. The lowest BCUT2D eigenvalue weighted by Crippen LogP contribution is -2.31. The number of rotatable bonds is 3. The van der Waals surface area contributed by atoms with Crippen LogP contribution in [0.2, 0.25) is 0 Å². The van der Waals surface area contributed by atoms with Crippen LogP contribution < -0.4 is 25.7 Å². The van der Waals surface area contributed by atoms with E-state index in [1.54, 1.807) is 38.5 Å². The van der Waals surface area contributed by atoms with Crippen LogP contribution in [0.3, 0.4) is 0 Å². The van der Waals surface area contributed by atoms with Gasteiger partial charge in [0.05, 0.1) is 24.8 Å². The molecule has 1 N–H and O–H groups in total. The fourth-order valence-electron chi connectivity index (χ4n) is 1.59. The minimum absolute atomic E-state index is 0.363. The van der Waals surface area contributed by atoms with Crippen LogP contribution in [0.5, 0.6) is 11.5 Å². The minimum atomic E-state index is -0.468. The van der Waals surface area contributed by atoms with E-state index in [1.807, 2.05) is 0 Å². The number of hydrogen-bond donors (Lipinski definition) is 1. The first-order valence-electron chi connectivity index (χ1n) is 5.26. The van der Waals surface area contributed by atoms with Crippen LogP contribution in [0.25, 0.3) is 12.7 Å². The van der Waals surface area contributed by atoms with Gasteiger partial charge in [-0.05, 0) is 24.3 Å². The molecule has 0 unspecified atom stereocenters. The fraction of sp³-hybridized carbons (Fsp3) is 0.154. The second-order valence-electron chi connectivity index (χ2n) is 3.64. The first-order chi connectivity index (χ1) is 8.65. The zero-order valence-electron chi connectivity index (χ0n) is 10.1. The predicted molar refractivity (Wildman–Crippen MR) is 67.2 cm³/mol. The first-order valence-corrected chi connectivity index (χ1v) is 5.26. The molecule has 0 aliphatic carbocycles. The number of aromatic nitrogens is 1. The summed E-state index contributed by atoms with van der Waals surface area (Å²) in [5.74, 6) is 1.31. The van der Waals surface area contributed by atoms with Crippen LogP contribution >= 0.6 is 0 Å². The molecule has 0 spiro atoms. The smallest absolute Gasteiger partial charge is 0.365 e. The average molecular weight is 247 g/mol. The van der Waals surface area contributed by atoms with Gasteiger partial charge in [0.1, 0.15) is 11.5 Å². The molecule has 0 fully saturated rings. The molecule has 18 heavy (non-hydrogen) atoms. The van der Waals surface area contributed by atoms with Crippen molar-refractivity contribution in [3.05, 3.63) is 44.8 Å². The molecule has 5 nitrogen and oxygen atoms in total. The Balaban J connectivity index is 2.68. The van der Waals surface area contributed by atoms with E-state index in [4.69, 9.17) is 9.47 Å². The van der Waals surface area contributed by atoms with Crippen molar-refractivity contribution >= 4 is 12.7 Å². The van der Waals surface area contributed by atoms with Gasteiger partial charge in [0.2, 0.25) is 0 Å². The SMILES string of the molecule is C=c1[nH]oc(=O)c1=Cc1cc(OC)ccc1OC. The quantitative estimate of drug-likeness (QED) is 0.843. The summed E-state index contributed by atoms with van der Waals surface area (Å²) in [7, 11) is 3.13. The Labute approximate surface area is 103 Å². The molecule has 1 aromatic heterocycles. The lowest BCUT2D eigenvalue weighted by molar-refractivity contribution is 0.386. The molecular weight excluding hydrogens is 234 g/mol. The van der Waals surface area contributed by atoms with Gasteiger partial charge >= 0.3 is 5.63 Å². The summed E-state index contributed by atoms with van der Waals surface area (Å²) in [6.07, 6.45) is 1.64. The Bertz CT molecular complexity index is 681. The zero-order valence-corrected chi connectivity index (χ0v) is 10.1. The van der Waals surface area contributed by atoms with Crippen LogP contribution in [0.4, 0.5) is 0 Å². The molecule has 5 heteroatoms. The molecule has 1 aromatic carbocycles. The summed E-state index contributed by atoms with van der Waals surface area (Å²) < 4.78 is 15.0. The summed E-state index contributed by atoms with van der Waals surface area (Å²) in [6, 6.07) is 5.31. The maximum absolute atomic E-state index is 11.5. The minimum Gasteiger partial charge on any atom is -0.497 e. The molecule has 94 valence electrons. The molecule has 2 rings (SSSR count). The van der Waals surface area contributed by atoms with E-state index in [0.29, 0.717) is 27.6 Å². The highest BCUT2D eigenvalue weighted by atomic mass is 16.5. The van der Waals surface area contributed by atoms with Crippen molar-refractivity contribution in [1.29, 1.82) is 0 Å². The number of benzene rings is 1. The molecule has 0 aliphatic rings. The van der Waals surface area contributed by atoms with Crippen molar-refractivity contribution < 1.29 is 14.0 Å². The van der Waals surface area contributed by atoms with E-state index in [0.717, 1.165) is 0 Å². The van der Waals surface area contributed by atoms with Crippen LogP contribution in [0, 0.1) is 0 Å². The summed E-state index contributed by atoms with van der Waals surface area (Å²) in [5, 5.41) is 3.21. The van der Waals surface area contributed by atoms with E-state index in [-0.39, 0.29) is 0 Å². The van der Waals surface area contributed by atoms with Crippen molar-refractivity contribution in [2.75, 3.05) is 14.2 Å². The third-order valence-corrected chi connectivity index (χ3v) is 2.55. The average Bonchev–Trinajstić information content (AvgIpc) is 2.70. The highest BCUT2D eigenvalue weighted by molar-refractivity contribution is 5.59. The normalized spacial score (nSPS) is 11.6. The molecule has 0 saturated heterocycles. The van der Waals surface area contributed by atoms with Gasteiger partial charge < -0.3 is 14.0 Å². The van der Waals surface area contributed by atoms with Gasteiger partial charge in [0, 0.05) is 5.56 Å². The lowest BCUT2D eigenvalue weighted by Gasteiger charge is -2.06. The van der Waals surface area contributed by atoms with E-state index >= 15 is 0 Å². The van der Waals surface area contributed by atoms with Gasteiger partial charge in [0.15, 0.2) is 0 Å². The maximum Gasteiger partial charge on any atom is 0.365 e. The second-order valence-corrected chi connectivity index (χ2v) is 3.64. The third-order valence-electron chi connectivity index (χ3n) is 2.55. The molecule has 2 aromatic rings. The Hall–Kier alpha value is -2.43. The number of hydrogen-bond acceptors (Lipinski definition) is 4. The topological polar surface area (TPSA) is 64.5 Å². The molecule has 0 saturated carbocycles. The summed E-state index contributed by atoms with van der Waals surface area (Å²) in [4.78, 5) is 11.5. The summed E-state index contributed by atoms with van der Waals surface area (Å²) >= 11 is 0. The van der Waals surface area contributed by atoms with Crippen molar-refractivity contribution in [1.82, 2.24) is 5.16 Å². The van der Waals surface area contributed by atoms with Gasteiger partial charge in [-0.2, -0.15) is 0 Å². The highest BCUT2D eigenvalue weighted by Gasteiger charge is 2.04. The fourth-order valence-corrected chi connectivity index (χ4v) is 1.59. The molecule has 0 amide bonds. The van der Waals surface area contributed by atoms with Crippen molar-refractivity contribution in [3.8, 4) is 11.5 Å². The van der Waals surface area contributed by atoms with Crippen molar-refractivity contribution in [2.24, 2.45) is 0 Å². The maximum atomic E-state index is 11.5. The number of H-pyrrole nitrogens is 1. The Morgan fingerprint density at radius 2 is 2.11 bits per heavy atom. The van der Waals surface area contributed by atoms with Crippen LogP contribution in [0.15, 0.2) is 27.5 Å². The molecule has 1 heterocycles. The first kappa shape index (κ1) is 12.0. The Morgan fingerprint density at radius 3 is 2.67 bits per heavy atom. The van der Waals surface area contributed by atoms with Gasteiger partial charge in [0.25, 0.3) is 0 Å². The third kappa shape index (κ3) is 2.15. The van der Waals surface area contributed by atoms with Crippen molar-refractivity contribution in [2.45, 2.75) is 0 Å². The van der Waals surface area contributed by atoms with Gasteiger partial charge in [-0.1, -0.05) is 6.58 Å². The van der Waals surface area contributed by atoms with E-state index in [1.165, 1.54) is 0 Å². The summed E-state index contributed by atoms with van der Waals surface area (Å²) in [6.45, 7) is 3.68. The monoisotopic (exact) mass is 247 g/mol. The van der Waals surface area contributed by atoms with Crippen LogP contribution in [0.1, 0.15) is 5.56 Å². The van der Waals surface area contributed by atoms with E-state index in [2.05, 4.69) is 16.3 Å². The largest absolute Gasteiger partial charge is 0.497 e. The van der Waals surface area contributed by atoms with E-state index < -0.39 is 5.63 Å². The number of aromatic amines is 1. The Kier molecular flexibility index (Phi) is 3.23. The highest BCUT2D eigenvalue weighted by Crippen LogP contribution is 2.24. The molecule has 0 atom stereocenters. The van der Waals surface area contributed by atoms with Crippen LogP contribution in [-0.4, -0.2) is 19.4 Å². The van der Waals surface area contributed by atoms with Crippen LogP contribution in [-0.2, 0) is 0 Å². The molecule has 0 radical (unpaired) electrons. The van der Waals surface area contributed by atoms with Gasteiger partial charge in [-0.15, -0.1) is 0 Å². The van der Waals surface area contributed by atoms with E-state index in [9.17, 15) is 4.79 Å². The van der Waals surface area contributed by atoms with Gasteiger partial charge in [-0.25, -0.2) is 9.95 Å². The molecular formula is C13H13NO4. The predicted octanol–water partition coefficient (Wildman–Crippen LogP) is 0.224. The number of nitrogens with one attached hydrogen (secondary N) is 1. The number of methoxy groups -OCH3 is 2. The lowest BCUT2D eigenvalue weighted by atomic mass is 10.1. The molecule has 0 aliphatic heterocycles. The Morgan fingerprint density at radius 1 is 1.33 bits per heavy atom. The van der Waals surface area contributed by atoms with Gasteiger partial charge in [-0.3, -0.25) is 0 Å². The summed E-state index contributed by atoms with van der Waals surface area (Å²) in [5.41, 5.74) is 0.249. The standard InChI is InChI=1S/C13H13NO4/c1-8-11(13(15)18-14-8)7-9-6-10(16-2)4-5-12(9)17-3/h4-7,14H,1H2,2-3H3. The zero-order chi connectivity index (χ0) is 13.1. The number of ether oxygens (including phenoxy) is 2. The second kappa shape index (κ2) is 4.83. The van der Waals surface area contributed by atoms with Crippen molar-refractivity contribution in [3.63, 3.8) is 0 Å².